The SMILES string of the molecule is O=C(O)c1cccnc1SCCC=C(F)F. The number of carbonyl (C=O) groups is 1. The molecule has 0 fully saturated rings. The van der Waals surface area contributed by atoms with E-state index in [0.29, 0.717) is 10.8 Å². The van der Waals surface area contributed by atoms with Crippen LogP contribution in [0.25, 0.3) is 0 Å². The maximum absolute atomic E-state index is 11.7. The maximum atomic E-state index is 11.7. The van der Waals surface area contributed by atoms with Gasteiger partial charge in [-0.1, -0.05) is 0 Å². The topological polar surface area (TPSA) is 50.2 Å². The zero-order chi connectivity index (χ0) is 12.0. The molecule has 1 aromatic heterocycles. The van der Waals surface area contributed by atoms with Crippen molar-refractivity contribution in [2.45, 2.75) is 11.4 Å². The van der Waals surface area contributed by atoms with Gasteiger partial charge in [-0.05, 0) is 24.6 Å². The van der Waals surface area contributed by atoms with Gasteiger partial charge in [0.2, 0.25) is 0 Å². The van der Waals surface area contributed by atoms with E-state index < -0.39 is 12.0 Å². The van der Waals surface area contributed by atoms with Crippen LogP contribution in [0.1, 0.15) is 16.8 Å². The molecule has 3 nitrogen and oxygen atoms in total. The lowest BCUT2D eigenvalue weighted by Gasteiger charge is -2.02. The smallest absolute Gasteiger partial charge is 0.338 e. The summed E-state index contributed by atoms with van der Waals surface area (Å²) in [6, 6.07) is 2.96. The van der Waals surface area contributed by atoms with Crippen LogP contribution in [-0.4, -0.2) is 21.8 Å². The molecule has 0 aliphatic heterocycles. The Morgan fingerprint density at radius 3 is 2.94 bits per heavy atom. The molecule has 0 amide bonds. The number of allylic oxidation sites excluding steroid dienone is 1. The number of carboxylic acid groups (broad SMARTS) is 1. The second kappa shape index (κ2) is 6.22. The first-order valence-electron chi connectivity index (χ1n) is 4.43. The minimum atomic E-state index is -1.72. The second-order valence-electron chi connectivity index (χ2n) is 2.79. The fourth-order valence-corrected chi connectivity index (χ4v) is 1.87. The third-order valence-electron chi connectivity index (χ3n) is 1.66. The van der Waals surface area contributed by atoms with Crippen molar-refractivity contribution < 1.29 is 18.7 Å². The Kier molecular flexibility index (Phi) is 4.91. The number of aromatic carboxylic acids is 1. The Morgan fingerprint density at radius 2 is 2.31 bits per heavy atom. The number of thioether (sulfide) groups is 1. The Morgan fingerprint density at radius 1 is 1.56 bits per heavy atom. The summed E-state index contributed by atoms with van der Waals surface area (Å²) in [7, 11) is 0. The molecule has 0 aliphatic carbocycles. The van der Waals surface area contributed by atoms with E-state index in [4.69, 9.17) is 5.11 Å². The molecule has 1 heterocycles. The molecule has 1 aromatic rings. The Hall–Kier alpha value is -1.43. The molecule has 0 saturated heterocycles. The van der Waals surface area contributed by atoms with Crippen molar-refractivity contribution >= 4 is 17.7 Å². The fourth-order valence-electron chi connectivity index (χ4n) is 0.992. The van der Waals surface area contributed by atoms with Gasteiger partial charge in [-0.25, -0.2) is 9.78 Å². The van der Waals surface area contributed by atoms with Gasteiger partial charge in [0.25, 0.3) is 6.08 Å². The molecule has 0 radical (unpaired) electrons. The highest BCUT2D eigenvalue weighted by molar-refractivity contribution is 7.99. The third-order valence-corrected chi connectivity index (χ3v) is 2.70. The molecular weight excluding hydrogens is 236 g/mol. The van der Waals surface area contributed by atoms with Gasteiger partial charge in [-0.3, -0.25) is 0 Å². The van der Waals surface area contributed by atoms with Crippen molar-refractivity contribution in [1.29, 1.82) is 0 Å². The summed E-state index contributed by atoms with van der Waals surface area (Å²) in [6.45, 7) is 0. The summed E-state index contributed by atoms with van der Waals surface area (Å²) >= 11 is 1.15. The van der Waals surface area contributed by atoms with Gasteiger partial charge in [-0.2, -0.15) is 8.78 Å². The molecule has 86 valence electrons. The highest BCUT2D eigenvalue weighted by Gasteiger charge is 2.10. The Balaban J connectivity index is 2.60. The van der Waals surface area contributed by atoms with Gasteiger partial charge >= 0.3 is 5.97 Å². The summed E-state index contributed by atoms with van der Waals surface area (Å²) in [5.74, 6) is -0.697. The molecule has 0 atom stereocenters. The van der Waals surface area contributed by atoms with Crippen LogP contribution in [0.15, 0.2) is 35.5 Å². The lowest BCUT2D eigenvalue weighted by Crippen LogP contribution is -2.00. The van der Waals surface area contributed by atoms with E-state index in [9.17, 15) is 13.6 Å². The van der Waals surface area contributed by atoms with Crippen molar-refractivity contribution in [3.8, 4) is 0 Å². The van der Waals surface area contributed by atoms with Gasteiger partial charge in [0, 0.05) is 11.9 Å². The van der Waals surface area contributed by atoms with E-state index in [2.05, 4.69) is 4.98 Å². The molecule has 1 rings (SSSR count). The van der Waals surface area contributed by atoms with Gasteiger partial charge < -0.3 is 5.11 Å². The van der Waals surface area contributed by atoms with Crippen molar-refractivity contribution in [1.82, 2.24) is 4.98 Å². The van der Waals surface area contributed by atoms with E-state index in [1.54, 1.807) is 0 Å². The van der Waals surface area contributed by atoms with Crippen LogP contribution in [-0.2, 0) is 0 Å². The molecule has 0 bridgehead atoms. The fraction of sp³-hybridized carbons (Fsp3) is 0.200. The molecule has 0 aromatic carbocycles. The summed E-state index contributed by atoms with van der Waals surface area (Å²) < 4.78 is 23.4. The molecule has 0 saturated carbocycles. The second-order valence-corrected chi connectivity index (χ2v) is 3.88. The van der Waals surface area contributed by atoms with Crippen LogP contribution in [0, 0.1) is 0 Å². The lowest BCUT2D eigenvalue weighted by molar-refractivity contribution is 0.0692. The maximum Gasteiger partial charge on any atom is 0.338 e. The van der Waals surface area contributed by atoms with Crippen molar-refractivity contribution in [2.75, 3.05) is 5.75 Å². The quantitative estimate of drug-likeness (QED) is 0.640. The Labute approximate surface area is 95.2 Å². The third kappa shape index (κ3) is 3.98. The van der Waals surface area contributed by atoms with E-state index in [1.165, 1.54) is 18.3 Å². The van der Waals surface area contributed by atoms with E-state index in [-0.39, 0.29) is 12.0 Å². The minimum Gasteiger partial charge on any atom is -0.478 e. The van der Waals surface area contributed by atoms with Crippen LogP contribution in [0.4, 0.5) is 8.78 Å². The molecule has 1 N–H and O–H groups in total. The molecule has 0 spiro atoms. The van der Waals surface area contributed by atoms with Crippen LogP contribution in [0.5, 0.6) is 0 Å². The first-order chi connectivity index (χ1) is 7.61. The van der Waals surface area contributed by atoms with Crippen molar-refractivity contribution in [2.24, 2.45) is 0 Å². The average molecular weight is 245 g/mol. The number of halogens is 2. The molecule has 0 aliphatic rings. The molecule has 16 heavy (non-hydrogen) atoms. The van der Waals surface area contributed by atoms with E-state index in [1.807, 2.05) is 0 Å². The molecule has 0 unspecified atom stereocenters. The predicted molar refractivity (Wildman–Crippen MR) is 56.8 cm³/mol. The van der Waals surface area contributed by atoms with Crippen LogP contribution < -0.4 is 0 Å². The first kappa shape index (κ1) is 12.6. The first-order valence-corrected chi connectivity index (χ1v) is 5.42. The van der Waals surface area contributed by atoms with Gasteiger partial charge in [0.05, 0.1) is 5.56 Å². The van der Waals surface area contributed by atoms with Crippen LogP contribution >= 0.6 is 11.8 Å². The van der Waals surface area contributed by atoms with E-state index in [0.717, 1.165) is 17.8 Å². The number of pyridine rings is 1. The summed E-state index contributed by atoms with van der Waals surface area (Å²) in [5, 5.41) is 9.17. The number of carboxylic acids is 1. The summed E-state index contributed by atoms with van der Waals surface area (Å²) in [4.78, 5) is 14.7. The van der Waals surface area contributed by atoms with Gasteiger partial charge in [0.15, 0.2) is 0 Å². The highest BCUT2D eigenvalue weighted by Crippen LogP contribution is 2.21. The normalized spacial score (nSPS) is 9.88. The standard InChI is InChI=1S/C10H9F2NO2S/c11-8(12)4-2-6-16-9-7(10(14)15)3-1-5-13-9/h1,3-5H,2,6H2,(H,14,15). The number of nitrogens with zero attached hydrogens (tertiary/aromatic N) is 1. The predicted octanol–water partition coefficient (Wildman–Crippen LogP) is 3.04. The minimum absolute atomic E-state index is 0.0946. The largest absolute Gasteiger partial charge is 0.478 e. The zero-order valence-electron chi connectivity index (χ0n) is 8.19. The Bertz CT molecular complexity index is 406. The summed E-state index contributed by atoms with van der Waals surface area (Å²) in [6.07, 6.45) is 0.736. The summed E-state index contributed by atoms with van der Waals surface area (Å²) in [5.41, 5.74) is 0.0946. The van der Waals surface area contributed by atoms with Crippen LogP contribution in [0.2, 0.25) is 0 Å². The van der Waals surface area contributed by atoms with E-state index >= 15 is 0 Å². The number of hydrogen-bond donors (Lipinski definition) is 1. The number of hydrogen-bond acceptors (Lipinski definition) is 3. The monoisotopic (exact) mass is 245 g/mol. The zero-order valence-corrected chi connectivity index (χ0v) is 9.01. The molecule has 6 heteroatoms. The van der Waals surface area contributed by atoms with Gasteiger partial charge in [0.1, 0.15) is 5.03 Å². The van der Waals surface area contributed by atoms with Crippen molar-refractivity contribution in [3.63, 3.8) is 0 Å². The van der Waals surface area contributed by atoms with Crippen LogP contribution in [0.3, 0.4) is 0 Å². The molecular formula is C10H9F2NO2S. The lowest BCUT2D eigenvalue weighted by atomic mass is 10.3. The highest BCUT2D eigenvalue weighted by atomic mass is 32.2. The number of rotatable bonds is 5. The average Bonchev–Trinajstić information content (AvgIpc) is 2.24. The van der Waals surface area contributed by atoms with Gasteiger partial charge in [-0.15, -0.1) is 11.8 Å². The van der Waals surface area contributed by atoms with Crippen molar-refractivity contribution in [3.05, 3.63) is 36.0 Å². The number of aromatic nitrogens is 1.